The predicted molar refractivity (Wildman–Crippen MR) is 112 cm³/mol. The predicted octanol–water partition coefficient (Wildman–Crippen LogP) is 1.86. The zero-order valence-electron chi connectivity index (χ0n) is 16.9. The molecule has 0 saturated carbocycles. The smallest absolute Gasteiger partial charge is 0.265 e. The molecule has 0 fully saturated rings. The molecule has 1 amide bonds. The van der Waals surface area contributed by atoms with E-state index in [1.807, 2.05) is 25.5 Å². The molecule has 0 spiro atoms. The van der Waals surface area contributed by atoms with Crippen LogP contribution in [0.1, 0.15) is 36.7 Å². The summed E-state index contributed by atoms with van der Waals surface area (Å²) in [5, 5.41) is 5.08. The Balaban J connectivity index is 2.40. The highest BCUT2D eigenvalue weighted by atomic mass is 32.2. The van der Waals surface area contributed by atoms with Crippen molar-refractivity contribution in [3.63, 3.8) is 0 Å². The van der Waals surface area contributed by atoms with Crippen molar-refractivity contribution in [2.45, 2.75) is 30.6 Å². The van der Waals surface area contributed by atoms with Crippen LogP contribution in [0, 0.1) is 17.3 Å². The second-order valence-corrected chi connectivity index (χ2v) is 10.5. The van der Waals surface area contributed by atoms with E-state index >= 15 is 0 Å². The molecule has 0 aliphatic carbocycles. The minimum Gasteiger partial charge on any atom is -0.495 e. The van der Waals surface area contributed by atoms with Gasteiger partial charge in [0.15, 0.2) is 0 Å². The van der Waals surface area contributed by atoms with Gasteiger partial charge in [-0.15, -0.1) is 0 Å². The van der Waals surface area contributed by atoms with Crippen LogP contribution in [0.3, 0.4) is 0 Å². The van der Waals surface area contributed by atoms with E-state index in [2.05, 4.69) is 11.8 Å². The van der Waals surface area contributed by atoms with Crippen LogP contribution in [0.4, 0.5) is 0 Å². The van der Waals surface area contributed by atoms with Gasteiger partial charge in [0.25, 0.3) is 15.9 Å². The summed E-state index contributed by atoms with van der Waals surface area (Å²) in [6.45, 7) is 5.83. The first-order valence-electron chi connectivity index (χ1n) is 8.65. The SMILES string of the molecule is COc1cc(C(=O)NS(=O)(=O)c2ccccc2S(N)(=O)=O)ccc1C#CC(C)(C)C. The van der Waals surface area contributed by atoms with Gasteiger partial charge in [-0.1, -0.05) is 24.0 Å². The zero-order chi connectivity index (χ0) is 22.7. The first kappa shape index (κ1) is 23.4. The van der Waals surface area contributed by atoms with E-state index < -0.39 is 35.7 Å². The number of nitrogens with one attached hydrogen (secondary N) is 1. The second-order valence-electron chi connectivity index (χ2n) is 7.34. The van der Waals surface area contributed by atoms with Gasteiger partial charge in [-0.05, 0) is 51.1 Å². The highest BCUT2D eigenvalue weighted by molar-refractivity contribution is 7.92. The lowest BCUT2D eigenvalue weighted by Crippen LogP contribution is -2.32. The van der Waals surface area contributed by atoms with Crippen LogP contribution in [-0.4, -0.2) is 29.9 Å². The Morgan fingerprint density at radius 1 is 1.03 bits per heavy atom. The summed E-state index contributed by atoms with van der Waals surface area (Å²) >= 11 is 0. The van der Waals surface area contributed by atoms with Crippen LogP contribution >= 0.6 is 0 Å². The molecule has 2 aromatic carbocycles. The van der Waals surface area contributed by atoms with Crippen molar-refractivity contribution in [3.05, 3.63) is 53.6 Å². The molecule has 0 aliphatic rings. The number of carbonyl (C=O) groups is 1. The number of nitrogens with two attached hydrogens (primary N) is 1. The number of hydrogen-bond acceptors (Lipinski definition) is 6. The molecule has 3 N–H and O–H groups in total. The van der Waals surface area contributed by atoms with Gasteiger partial charge in [0.1, 0.15) is 15.5 Å². The Hall–Kier alpha value is -2.87. The maximum atomic E-state index is 12.6. The number of sulfonamides is 2. The largest absolute Gasteiger partial charge is 0.495 e. The quantitative estimate of drug-likeness (QED) is 0.668. The van der Waals surface area contributed by atoms with Crippen LogP contribution in [0.15, 0.2) is 52.3 Å². The van der Waals surface area contributed by atoms with Crippen molar-refractivity contribution in [3.8, 4) is 17.6 Å². The average molecular weight is 451 g/mol. The van der Waals surface area contributed by atoms with Gasteiger partial charge in [0, 0.05) is 11.0 Å². The first-order chi connectivity index (χ1) is 13.7. The number of benzene rings is 2. The normalized spacial score (nSPS) is 11.9. The molecular weight excluding hydrogens is 428 g/mol. The van der Waals surface area contributed by atoms with Gasteiger partial charge < -0.3 is 4.74 Å². The molecule has 0 saturated heterocycles. The second kappa shape index (κ2) is 8.47. The van der Waals surface area contributed by atoms with E-state index in [1.54, 1.807) is 0 Å². The molecule has 0 atom stereocenters. The summed E-state index contributed by atoms with van der Waals surface area (Å²) in [4.78, 5) is 11.3. The Bertz CT molecular complexity index is 1250. The zero-order valence-corrected chi connectivity index (χ0v) is 18.5. The molecule has 0 heterocycles. The Morgan fingerprint density at radius 2 is 1.63 bits per heavy atom. The fourth-order valence-electron chi connectivity index (χ4n) is 2.33. The van der Waals surface area contributed by atoms with E-state index in [4.69, 9.17) is 9.88 Å². The van der Waals surface area contributed by atoms with Crippen molar-refractivity contribution in [2.75, 3.05) is 7.11 Å². The van der Waals surface area contributed by atoms with Gasteiger partial charge >= 0.3 is 0 Å². The monoisotopic (exact) mass is 450 g/mol. The van der Waals surface area contributed by atoms with E-state index in [0.29, 0.717) is 11.3 Å². The lowest BCUT2D eigenvalue weighted by Gasteiger charge is -2.12. The molecule has 0 radical (unpaired) electrons. The van der Waals surface area contributed by atoms with E-state index in [0.717, 1.165) is 12.1 Å². The molecule has 10 heteroatoms. The molecule has 30 heavy (non-hydrogen) atoms. The molecule has 0 aromatic heterocycles. The number of carbonyl (C=O) groups excluding carboxylic acids is 1. The third-order valence-corrected chi connectivity index (χ3v) is 6.20. The highest BCUT2D eigenvalue weighted by Crippen LogP contribution is 2.22. The summed E-state index contributed by atoms with van der Waals surface area (Å²) < 4.78 is 55.7. The number of primary sulfonamides is 1. The molecule has 0 unspecified atom stereocenters. The Kier molecular flexibility index (Phi) is 6.61. The molecule has 2 rings (SSSR count). The summed E-state index contributed by atoms with van der Waals surface area (Å²) in [6, 6.07) is 9.01. The van der Waals surface area contributed by atoms with Gasteiger partial charge in [0.2, 0.25) is 10.0 Å². The number of amides is 1. The lowest BCUT2D eigenvalue weighted by molar-refractivity contribution is 0.0981. The third-order valence-electron chi connectivity index (χ3n) is 3.71. The number of hydrogen-bond donors (Lipinski definition) is 2. The summed E-state index contributed by atoms with van der Waals surface area (Å²) in [5.41, 5.74) is 0.280. The van der Waals surface area contributed by atoms with Gasteiger partial charge in [-0.25, -0.2) is 26.7 Å². The maximum Gasteiger partial charge on any atom is 0.265 e. The minimum absolute atomic E-state index is 0.00943. The van der Waals surface area contributed by atoms with Crippen LogP contribution in [0.5, 0.6) is 5.75 Å². The molecule has 0 aliphatic heterocycles. The van der Waals surface area contributed by atoms with Crippen LogP contribution < -0.4 is 14.6 Å². The highest BCUT2D eigenvalue weighted by Gasteiger charge is 2.26. The standard InChI is InChI=1S/C20H22N2O6S2/c1-20(2,3)12-11-14-9-10-15(13-16(14)28-4)19(23)22-30(26,27)18-8-6-5-7-17(18)29(21,24)25/h5-10,13H,1-4H3,(H,22,23)(H2,21,24,25). The van der Waals surface area contributed by atoms with Crippen molar-refractivity contribution in [1.29, 1.82) is 0 Å². The molecule has 2 aromatic rings. The van der Waals surface area contributed by atoms with Crippen LogP contribution in [0.25, 0.3) is 0 Å². The van der Waals surface area contributed by atoms with Gasteiger partial charge in [-0.3, -0.25) is 4.79 Å². The lowest BCUT2D eigenvalue weighted by atomic mass is 9.97. The average Bonchev–Trinajstić information content (AvgIpc) is 2.64. The van der Waals surface area contributed by atoms with Crippen molar-refractivity contribution in [2.24, 2.45) is 10.6 Å². The number of ether oxygens (including phenoxy) is 1. The summed E-state index contributed by atoms with van der Waals surface area (Å²) in [6.07, 6.45) is 0. The Labute approximate surface area is 176 Å². The van der Waals surface area contributed by atoms with E-state index in [1.165, 1.54) is 37.4 Å². The van der Waals surface area contributed by atoms with Crippen LogP contribution in [-0.2, 0) is 20.0 Å². The summed E-state index contributed by atoms with van der Waals surface area (Å²) in [5.74, 6) is 5.34. The van der Waals surface area contributed by atoms with Crippen molar-refractivity contribution in [1.82, 2.24) is 4.72 Å². The molecular formula is C20H22N2O6S2. The number of rotatable bonds is 5. The number of methoxy groups -OCH3 is 1. The van der Waals surface area contributed by atoms with E-state index in [9.17, 15) is 21.6 Å². The van der Waals surface area contributed by atoms with Crippen molar-refractivity contribution < 1.29 is 26.4 Å². The van der Waals surface area contributed by atoms with Gasteiger partial charge in [-0.2, -0.15) is 0 Å². The fourth-order valence-corrected chi connectivity index (χ4v) is 4.69. The maximum absolute atomic E-state index is 12.6. The minimum atomic E-state index is -4.51. The molecule has 8 nitrogen and oxygen atoms in total. The van der Waals surface area contributed by atoms with Crippen molar-refractivity contribution >= 4 is 26.0 Å². The fraction of sp³-hybridized carbons (Fsp3) is 0.250. The van der Waals surface area contributed by atoms with Crippen LogP contribution in [0.2, 0.25) is 0 Å². The third kappa shape index (κ3) is 5.82. The molecule has 0 bridgehead atoms. The molecule has 160 valence electrons. The first-order valence-corrected chi connectivity index (χ1v) is 11.7. The topological polar surface area (TPSA) is 133 Å². The summed E-state index contributed by atoms with van der Waals surface area (Å²) in [7, 11) is -7.42. The Morgan fingerprint density at radius 3 is 2.17 bits per heavy atom. The van der Waals surface area contributed by atoms with E-state index in [-0.39, 0.29) is 11.0 Å². The van der Waals surface area contributed by atoms with Gasteiger partial charge in [0.05, 0.1) is 12.7 Å².